The maximum atomic E-state index is 13.5. The highest BCUT2D eigenvalue weighted by molar-refractivity contribution is 7.86. The third-order valence-electron chi connectivity index (χ3n) is 3.51. The molecule has 14 heteroatoms. The number of hydrogen-bond donors (Lipinski definition) is 1. The number of hydrogen-bond acceptors (Lipinski definition) is 6. The lowest BCUT2D eigenvalue weighted by molar-refractivity contribution is -0.708. The Kier molecular flexibility index (Phi) is 6.64. The summed E-state index contributed by atoms with van der Waals surface area (Å²) in [4.78, 5) is -2.14. The molecule has 0 spiro atoms. The molecule has 2 aromatic rings. The number of rotatable bonds is 7. The fourth-order valence-electron chi connectivity index (χ4n) is 2.10. The van der Waals surface area contributed by atoms with E-state index in [1.165, 1.54) is 0 Å². The smallest absolute Gasteiger partial charge is 0.416 e. The van der Waals surface area contributed by atoms with Crippen molar-refractivity contribution in [3.05, 3.63) is 64.9 Å². The zero-order valence-electron chi connectivity index (χ0n) is 14.1. The normalized spacial score (nSPS) is 14.0. The molecule has 2 aromatic carbocycles. The molecule has 0 fully saturated rings. The highest BCUT2D eigenvalue weighted by Crippen LogP contribution is 2.29. The van der Waals surface area contributed by atoms with Crippen molar-refractivity contribution in [3.8, 4) is 0 Å². The molecule has 29 heavy (non-hydrogen) atoms. The van der Waals surface area contributed by atoms with Crippen molar-refractivity contribution < 1.29 is 47.4 Å². The summed E-state index contributed by atoms with van der Waals surface area (Å²) in [6, 6.07) is 4.28. The standard InChI is InChI=1S/C15H12F5NO6S2/c16-12-2-1-3-13(17)14(12)29(25,26)27-9-8-21(22)28(23,24)11-6-4-10(5-7-11)15(18,19)20/h1-7,21H,8-9H2. The van der Waals surface area contributed by atoms with Crippen LogP contribution in [-0.4, -0.2) is 30.0 Å². The second kappa shape index (κ2) is 8.31. The van der Waals surface area contributed by atoms with Crippen LogP contribution < -0.4 is 4.47 Å². The Morgan fingerprint density at radius 3 is 1.93 bits per heavy atom. The van der Waals surface area contributed by atoms with Crippen LogP contribution >= 0.6 is 0 Å². The van der Waals surface area contributed by atoms with Crippen LogP contribution in [0.15, 0.2) is 52.3 Å². The Labute approximate surface area is 162 Å². The first-order valence-corrected chi connectivity index (χ1v) is 10.4. The van der Waals surface area contributed by atoms with E-state index in [-0.39, 0.29) is 0 Å². The van der Waals surface area contributed by atoms with Crippen molar-refractivity contribution in [1.29, 1.82) is 0 Å². The number of benzene rings is 2. The Bertz CT molecular complexity index is 1060. The van der Waals surface area contributed by atoms with Crippen LogP contribution in [-0.2, 0) is 30.5 Å². The van der Waals surface area contributed by atoms with Gasteiger partial charge in [0.25, 0.3) is 0 Å². The first-order valence-electron chi connectivity index (χ1n) is 7.55. The Morgan fingerprint density at radius 2 is 1.45 bits per heavy atom. The zero-order valence-corrected chi connectivity index (χ0v) is 15.7. The van der Waals surface area contributed by atoms with Gasteiger partial charge in [-0.05, 0) is 36.4 Å². The minimum absolute atomic E-state index is 0.460. The van der Waals surface area contributed by atoms with E-state index in [1.54, 1.807) is 0 Å². The van der Waals surface area contributed by atoms with Gasteiger partial charge in [0.1, 0.15) is 29.7 Å². The second-order valence-electron chi connectivity index (χ2n) is 5.47. The van der Waals surface area contributed by atoms with Gasteiger partial charge in [0.05, 0.1) is 5.56 Å². The minimum atomic E-state index is -4.97. The van der Waals surface area contributed by atoms with Crippen molar-refractivity contribution in [3.63, 3.8) is 0 Å². The van der Waals surface area contributed by atoms with Gasteiger partial charge in [0.2, 0.25) is 0 Å². The molecule has 1 N–H and O–H groups in total. The second-order valence-corrected chi connectivity index (χ2v) is 8.96. The van der Waals surface area contributed by atoms with Crippen LogP contribution in [0.25, 0.3) is 0 Å². The van der Waals surface area contributed by atoms with Gasteiger partial charge in [-0.2, -0.15) is 30.0 Å². The monoisotopic (exact) mass is 461 g/mol. The number of sulfonamides is 1. The third-order valence-corrected chi connectivity index (χ3v) is 6.57. The maximum absolute atomic E-state index is 13.5. The van der Waals surface area contributed by atoms with Gasteiger partial charge in [-0.3, -0.25) is 8.65 Å². The fraction of sp³-hybridized carbons (Fsp3) is 0.200. The van der Waals surface area contributed by atoms with Crippen molar-refractivity contribution in [1.82, 2.24) is 0 Å². The molecule has 1 unspecified atom stereocenters. The van der Waals surface area contributed by atoms with Gasteiger partial charge in [-0.15, -0.1) is 0 Å². The van der Waals surface area contributed by atoms with Gasteiger partial charge in [-0.25, -0.2) is 8.78 Å². The lowest BCUT2D eigenvalue weighted by Gasteiger charge is -2.21. The molecule has 2 rings (SSSR count). The first-order chi connectivity index (χ1) is 13.3. The maximum Gasteiger partial charge on any atom is 0.416 e. The molecule has 0 bridgehead atoms. The van der Waals surface area contributed by atoms with Crippen LogP contribution in [0.1, 0.15) is 5.56 Å². The molecule has 0 saturated carbocycles. The fourth-order valence-corrected chi connectivity index (χ4v) is 4.25. The van der Waals surface area contributed by atoms with Crippen molar-refractivity contribution in [2.75, 3.05) is 13.2 Å². The number of alkyl halides is 3. The molecule has 0 saturated heterocycles. The quantitative estimate of drug-likeness (QED) is 0.380. The SMILES string of the molecule is O=S(=O)(OCC[NH+]([O-])S(=O)(=O)c1ccc(C(F)(F)F)cc1)c1c(F)cccc1F. The van der Waals surface area contributed by atoms with E-state index in [9.17, 15) is 44.0 Å². The molecule has 0 radical (unpaired) electrons. The van der Waals surface area contributed by atoms with Crippen LogP contribution in [0.4, 0.5) is 22.0 Å². The summed E-state index contributed by atoms with van der Waals surface area (Å²) in [6.07, 6.45) is -4.71. The number of hydroxylamine groups is 1. The molecule has 0 heterocycles. The summed E-state index contributed by atoms with van der Waals surface area (Å²) in [5.74, 6) is -2.90. The topological polar surface area (TPSA) is 105 Å². The van der Waals surface area contributed by atoms with Crippen LogP contribution in [0, 0.1) is 16.8 Å². The zero-order chi connectivity index (χ0) is 22.0. The van der Waals surface area contributed by atoms with Crippen molar-refractivity contribution in [2.45, 2.75) is 16.0 Å². The van der Waals surface area contributed by atoms with Gasteiger partial charge < -0.3 is 5.21 Å². The van der Waals surface area contributed by atoms with Crippen molar-refractivity contribution in [2.24, 2.45) is 0 Å². The highest BCUT2D eigenvalue weighted by Gasteiger charge is 2.32. The molecular weight excluding hydrogens is 449 g/mol. The average Bonchev–Trinajstić information content (AvgIpc) is 2.60. The van der Waals surface area contributed by atoms with E-state index in [4.69, 9.17) is 0 Å². The molecule has 0 amide bonds. The number of quaternary nitrogens is 1. The summed E-state index contributed by atoms with van der Waals surface area (Å²) in [7, 11) is -9.70. The van der Waals surface area contributed by atoms with Gasteiger partial charge in [0.15, 0.2) is 4.90 Å². The van der Waals surface area contributed by atoms with Gasteiger partial charge in [0, 0.05) is 0 Å². The largest absolute Gasteiger partial charge is 0.618 e. The van der Waals surface area contributed by atoms with E-state index in [2.05, 4.69) is 4.18 Å². The Balaban J connectivity index is 2.09. The average molecular weight is 461 g/mol. The van der Waals surface area contributed by atoms with E-state index >= 15 is 0 Å². The third kappa shape index (κ3) is 5.27. The summed E-state index contributed by atoms with van der Waals surface area (Å²) in [5, 5.41) is 11.9. The first kappa shape index (κ1) is 23.2. The Hall–Kier alpha value is -2.13. The summed E-state index contributed by atoms with van der Waals surface area (Å²) in [5.41, 5.74) is -1.13. The predicted molar refractivity (Wildman–Crippen MR) is 87.3 cm³/mol. The minimum Gasteiger partial charge on any atom is -0.618 e. The summed E-state index contributed by atoms with van der Waals surface area (Å²) < 4.78 is 115. The van der Waals surface area contributed by atoms with E-state index in [0.717, 1.165) is 6.07 Å². The Morgan fingerprint density at radius 1 is 0.931 bits per heavy atom. The molecule has 0 aliphatic heterocycles. The highest BCUT2D eigenvalue weighted by atomic mass is 32.2. The molecule has 1 atom stereocenters. The van der Waals surface area contributed by atoms with E-state index in [1.807, 2.05) is 0 Å². The van der Waals surface area contributed by atoms with Gasteiger partial charge in [-0.1, -0.05) is 6.07 Å². The molecular formula is C15H12F5NO6S2. The lowest BCUT2D eigenvalue weighted by Crippen LogP contribution is -3.09. The lowest BCUT2D eigenvalue weighted by atomic mass is 10.2. The van der Waals surface area contributed by atoms with E-state index in [0.29, 0.717) is 36.4 Å². The van der Waals surface area contributed by atoms with Crippen LogP contribution in [0.5, 0.6) is 0 Å². The molecule has 7 nitrogen and oxygen atoms in total. The molecule has 160 valence electrons. The molecule has 0 aromatic heterocycles. The molecule has 0 aliphatic carbocycles. The molecule has 0 aliphatic rings. The number of halogens is 5. The van der Waals surface area contributed by atoms with Crippen LogP contribution in [0.3, 0.4) is 0 Å². The van der Waals surface area contributed by atoms with Gasteiger partial charge >= 0.3 is 26.3 Å². The summed E-state index contributed by atoms with van der Waals surface area (Å²) in [6.45, 7) is -2.09. The van der Waals surface area contributed by atoms with Crippen molar-refractivity contribution >= 4 is 20.1 Å². The van der Waals surface area contributed by atoms with Crippen LogP contribution in [0.2, 0.25) is 0 Å². The predicted octanol–water partition coefficient (Wildman–Crippen LogP) is 1.46. The summed E-state index contributed by atoms with van der Waals surface area (Å²) >= 11 is 0. The number of nitrogens with one attached hydrogen (secondary N) is 1. The van der Waals surface area contributed by atoms with E-state index < -0.39 is 70.9 Å².